The largest absolute Gasteiger partial charge is 0.494 e. The first-order valence-electron chi connectivity index (χ1n) is 10.7. The number of aliphatic imine (C=N–C) groups is 1. The van der Waals surface area contributed by atoms with Crippen LogP contribution in [0.4, 0.5) is 10.1 Å². The van der Waals surface area contributed by atoms with Crippen molar-refractivity contribution in [2.24, 2.45) is 4.99 Å². The Morgan fingerprint density at radius 2 is 1.85 bits per heavy atom. The van der Waals surface area contributed by atoms with Crippen molar-refractivity contribution in [2.75, 3.05) is 11.9 Å². The molecular formula is C26H22ClFN4O. The zero-order chi connectivity index (χ0) is 22.8. The topological polar surface area (TPSA) is 51.4 Å². The average molecular weight is 461 g/mol. The molecule has 33 heavy (non-hydrogen) atoms. The van der Waals surface area contributed by atoms with Gasteiger partial charge in [-0.15, -0.1) is 0 Å². The van der Waals surface area contributed by atoms with E-state index in [0.717, 1.165) is 33.8 Å². The van der Waals surface area contributed by atoms with E-state index in [4.69, 9.17) is 26.4 Å². The van der Waals surface area contributed by atoms with Gasteiger partial charge in [-0.25, -0.2) is 4.39 Å². The highest BCUT2D eigenvalue weighted by Crippen LogP contribution is 2.34. The lowest BCUT2D eigenvalue weighted by Crippen LogP contribution is -2.10. The Hall–Kier alpha value is -3.64. The molecule has 0 saturated heterocycles. The van der Waals surface area contributed by atoms with Gasteiger partial charge in [0.15, 0.2) is 0 Å². The van der Waals surface area contributed by atoms with Gasteiger partial charge in [-0.2, -0.15) is 5.10 Å². The maximum Gasteiger partial charge on any atom is 0.132 e. The quantitative estimate of drug-likeness (QED) is 0.375. The number of anilines is 1. The number of nitrogens with one attached hydrogen (secondary N) is 1. The summed E-state index contributed by atoms with van der Waals surface area (Å²) >= 11 is 6.31. The molecule has 0 radical (unpaired) electrons. The van der Waals surface area contributed by atoms with Gasteiger partial charge in [0.05, 0.1) is 24.6 Å². The second-order valence-electron chi connectivity index (χ2n) is 7.67. The van der Waals surface area contributed by atoms with Gasteiger partial charge in [-0.3, -0.25) is 9.67 Å². The molecule has 0 amide bonds. The van der Waals surface area contributed by atoms with Crippen molar-refractivity contribution < 1.29 is 9.13 Å². The van der Waals surface area contributed by atoms with Gasteiger partial charge in [0, 0.05) is 39.2 Å². The van der Waals surface area contributed by atoms with Gasteiger partial charge in [-0.05, 0) is 55.5 Å². The summed E-state index contributed by atoms with van der Waals surface area (Å²) in [5.74, 6) is 0.527. The average Bonchev–Trinajstić information content (AvgIpc) is 3.17. The third-order valence-electron chi connectivity index (χ3n) is 5.48. The van der Waals surface area contributed by atoms with Gasteiger partial charge in [0.1, 0.15) is 18.2 Å². The molecule has 4 aromatic rings. The fraction of sp³-hybridized carbons (Fsp3) is 0.154. The molecule has 0 fully saturated rings. The van der Waals surface area contributed by atoms with Gasteiger partial charge >= 0.3 is 0 Å². The predicted octanol–water partition coefficient (Wildman–Crippen LogP) is 6.16. The van der Waals surface area contributed by atoms with Gasteiger partial charge in [0.2, 0.25) is 0 Å². The Labute approximate surface area is 196 Å². The number of halogens is 2. The van der Waals surface area contributed by atoms with Crippen LogP contribution in [-0.2, 0) is 13.2 Å². The van der Waals surface area contributed by atoms with E-state index in [-0.39, 0.29) is 5.82 Å². The molecule has 1 aromatic heterocycles. The maximum absolute atomic E-state index is 14.6. The van der Waals surface area contributed by atoms with Gasteiger partial charge in [0.25, 0.3) is 0 Å². The third kappa shape index (κ3) is 4.34. The minimum Gasteiger partial charge on any atom is -0.494 e. The molecule has 1 aliphatic rings. The number of nitrogens with zero attached hydrogens (tertiary/aromatic N) is 3. The molecule has 166 valence electrons. The van der Waals surface area contributed by atoms with E-state index in [0.29, 0.717) is 36.1 Å². The Morgan fingerprint density at radius 1 is 1.03 bits per heavy atom. The normalized spacial score (nSPS) is 12.4. The lowest BCUT2D eigenvalue weighted by molar-refractivity contribution is 0.340. The highest BCUT2D eigenvalue weighted by Gasteiger charge is 2.23. The lowest BCUT2D eigenvalue weighted by Gasteiger charge is -2.11. The zero-order valence-electron chi connectivity index (χ0n) is 18.1. The first kappa shape index (κ1) is 21.2. The Kier molecular flexibility index (Phi) is 5.84. The number of hydrogen-bond donors (Lipinski definition) is 1. The SMILES string of the molecule is CCOc1ccc(NCn2cc3c(n2)-c2ccc(Cl)cc2C(c2ccccc2F)=NC3)cc1. The van der Waals surface area contributed by atoms with Crippen LogP contribution in [0, 0.1) is 5.82 Å². The number of benzene rings is 3. The molecule has 7 heteroatoms. The molecule has 0 bridgehead atoms. The monoisotopic (exact) mass is 460 g/mol. The van der Waals surface area contributed by atoms with Crippen LogP contribution in [0.5, 0.6) is 5.75 Å². The fourth-order valence-corrected chi connectivity index (χ4v) is 4.12. The Bertz CT molecular complexity index is 1330. The molecule has 5 rings (SSSR count). The summed E-state index contributed by atoms with van der Waals surface area (Å²) in [6, 6.07) is 20.1. The molecule has 1 N–H and O–H groups in total. The molecule has 2 heterocycles. The number of fused-ring (bicyclic) bond motifs is 3. The van der Waals surface area contributed by atoms with Gasteiger partial charge < -0.3 is 10.1 Å². The van der Waals surface area contributed by atoms with E-state index >= 15 is 0 Å². The summed E-state index contributed by atoms with van der Waals surface area (Å²) in [6.07, 6.45) is 1.98. The summed E-state index contributed by atoms with van der Waals surface area (Å²) in [7, 11) is 0. The molecule has 0 aliphatic carbocycles. The molecule has 0 spiro atoms. The predicted molar refractivity (Wildman–Crippen MR) is 130 cm³/mol. The van der Waals surface area contributed by atoms with Crippen molar-refractivity contribution in [3.05, 3.63) is 100 Å². The molecule has 1 aliphatic heterocycles. The second kappa shape index (κ2) is 9.08. The van der Waals surface area contributed by atoms with Crippen LogP contribution >= 0.6 is 11.6 Å². The highest BCUT2D eigenvalue weighted by molar-refractivity contribution is 6.31. The molecule has 3 aromatic carbocycles. The van der Waals surface area contributed by atoms with Crippen LogP contribution in [0.2, 0.25) is 5.02 Å². The van der Waals surface area contributed by atoms with Crippen LogP contribution in [0.15, 0.2) is 77.9 Å². The summed E-state index contributed by atoms with van der Waals surface area (Å²) in [6.45, 7) is 3.49. The number of rotatable bonds is 6. The fourth-order valence-electron chi connectivity index (χ4n) is 3.95. The maximum atomic E-state index is 14.6. The Morgan fingerprint density at radius 3 is 2.64 bits per heavy atom. The highest BCUT2D eigenvalue weighted by atomic mass is 35.5. The van der Waals surface area contributed by atoms with Crippen LogP contribution in [0.1, 0.15) is 23.6 Å². The minimum atomic E-state index is -0.314. The smallest absolute Gasteiger partial charge is 0.132 e. The van der Waals surface area contributed by atoms with Crippen molar-refractivity contribution in [1.82, 2.24) is 9.78 Å². The van der Waals surface area contributed by atoms with Crippen molar-refractivity contribution in [2.45, 2.75) is 20.1 Å². The number of aromatic nitrogens is 2. The summed E-state index contributed by atoms with van der Waals surface area (Å²) < 4.78 is 21.9. The van der Waals surface area contributed by atoms with E-state index in [1.807, 2.05) is 66.3 Å². The van der Waals surface area contributed by atoms with E-state index in [2.05, 4.69) is 5.32 Å². The van der Waals surface area contributed by atoms with E-state index in [1.165, 1.54) is 6.07 Å². The summed E-state index contributed by atoms with van der Waals surface area (Å²) in [5, 5.41) is 8.75. The summed E-state index contributed by atoms with van der Waals surface area (Å²) in [4.78, 5) is 4.77. The minimum absolute atomic E-state index is 0.314. The number of ether oxygens (including phenoxy) is 1. The van der Waals surface area contributed by atoms with Crippen LogP contribution < -0.4 is 10.1 Å². The van der Waals surface area contributed by atoms with Crippen LogP contribution in [0.3, 0.4) is 0 Å². The van der Waals surface area contributed by atoms with E-state index in [1.54, 1.807) is 12.1 Å². The van der Waals surface area contributed by atoms with Crippen molar-refractivity contribution in [1.29, 1.82) is 0 Å². The van der Waals surface area contributed by atoms with Crippen LogP contribution in [-0.4, -0.2) is 22.1 Å². The number of hydrogen-bond acceptors (Lipinski definition) is 4. The third-order valence-corrected chi connectivity index (χ3v) is 5.71. The van der Waals surface area contributed by atoms with Crippen molar-refractivity contribution in [3.63, 3.8) is 0 Å². The molecular weight excluding hydrogens is 439 g/mol. The van der Waals surface area contributed by atoms with Crippen molar-refractivity contribution >= 4 is 23.0 Å². The standard InChI is InChI=1S/C26H22ClFN4O/c1-2-33-20-10-8-19(9-11-20)30-16-32-15-17-14-29-26(22-5-3-4-6-24(22)28)23-13-18(27)7-12-21(23)25(17)31-32/h3-13,15,30H,2,14,16H2,1H3. The van der Waals surface area contributed by atoms with Crippen LogP contribution in [0.25, 0.3) is 11.3 Å². The lowest BCUT2D eigenvalue weighted by atomic mass is 9.95. The second-order valence-corrected chi connectivity index (χ2v) is 8.11. The molecule has 5 nitrogen and oxygen atoms in total. The van der Waals surface area contributed by atoms with Crippen molar-refractivity contribution in [3.8, 4) is 17.0 Å². The van der Waals surface area contributed by atoms with E-state index in [9.17, 15) is 4.39 Å². The molecule has 0 saturated carbocycles. The van der Waals surface area contributed by atoms with E-state index < -0.39 is 0 Å². The first-order chi connectivity index (χ1) is 16.1. The zero-order valence-corrected chi connectivity index (χ0v) is 18.8. The summed E-state index contributed by atoms with van der Waals surface area (Å²) in [5.41, 5.74) is 5.46. The first-order valence-corrected chi connectivity index (χ1v) is 11.1. The Balaban J connectivity index is 1.45. The molecule has 0 unspecified atom stereocenters. The molecule has 0 atom stereocenters. The van der Waals surface area contributed by atoms with Gasteiger partial charge in [-0.1, -0.05) is 29.8 Å².